The van der Waals surface area contributed by atoms with Crippen molar-refractivity contribution >= 4 is 11.8 Å². The lowest BCUT2D eigenvalue weighted by Crippen LogP contribution is -2.41. The summed E-state index contributed by atoms with van der Waals surface area (Å²) in [6.07, 6.45) is -0.138. The van der Waals surface area contributed by atoms with Crippen LogP contribution in [0.2, 0.25) is 0 Å². The van der Waals surface area contributed by atoms with Crippen LogP contribution in [0.3, 0.4) is 0 Å². The maximum Gasteiger partial charge on any atom is 0.471 e. The molecule has 0 aliphatic heterocycles. The number of hydrogen-bond acceptors (Lipinski definition) is 2. The summed E-state index contributed by atoms with van der Waals surface area (Å²) in [6.45, 7) is 0. The van der Waals surface area contributed by atoms with E-state index in [1.165, 1.54) is 5.32 Å². The first-order valence-corrected chi connectivity index (χ1v) is 5.30. The van der Waals surface area contributed by atoms with E-state index in [2.05, 4.69) is 0 Å². The molecule has 0 radical (unpaired) electrons. The van der Waals surface area contributed by atoms with Crippen LogP contribution >= 0.6 is 0 Å². The zero-order valence-corrected chi connectivity index (χ0v) is 8.77. The van der Waals surface area contributed by atoms with Crippen LogP contribution in [0.25, 0.3) is 0 Å². The average Bonchev–Trinajstić information content (AvgIpc) is 2.17. The second-order valence-electron chi connectivity index (χ2n) is 4.08. The molecule has 1 N–H and O–H groups in total. The quantitative estimate of drug-likeness (QED) is 0.800. The molecule has 0 heterocycles. The SMILES string of the molecule is O=C(CC1CCCCC1)NC(=O)C(F)(F)F. The highest BCUT2D eigenvalue weighted by molar-refractivity contribution is 5.97. The van der Waals surface area contributed by atoms with Crippen molar-refractivity contribution in [3.63, 3.8) is 0 Å². The summed E-state index contributed by atoms with van der Waals surface area (Å²) in [4.78, 5) is 21.6. The van der Waals surface area contributed by atoms with Crippen LogP contribution in [0.5, 0.6) is 0 Å². The number of hydrogen-bond donors (Lipinski definition) is 1. The van der Waals surface area contributed by atoms with Gasteiger partial charge in [0, 0.05) is 6.42 Å². The predicted octanol–water partition coefficient (Wildman–Crippen LogP) is 2.16. The molecular formula is C10H14F3NO2. The molecule has 0 unspecified atom stereocenters. The Morgan fingerprint density at radius 1 is 1.12 bits per heavy atom. The maximum atomic E-state index is 11.8. The van der Waals surface area contributed by atoms with E-state index < -0.39 is 18.0 Å². The second kappa shape index (κ2) is 5.32. The van der Waals surface area contributed by atoms with Gasteiger partial charge in [0.2, 0.25) is 5.91 Å². The third kappa shape index (κ3) is 4.20. The molecular weight excluding hydrogens is 223 g/mol. The van der Waals surface area contributed by atoms with Crippen LogP contribution in [-0.2, 0) is 9.59 Å². The highest BCUT2D eigenvalue weighted by atomic mass is 19.4. The Balaban J connectivity index is 2.32. The highest BCUT2D eigenvalue weighted by Gasteiger charge is 2.39. The monoisotopic (exact) mass is 237 g/mol. The molecule has 92 valence electrons. The molecule has 0 aromatic carbocycles. The van der Waals surface area contributed by atoms with Gasteiger partial charge in [-0.25, -0.2) is 0 Å². The summed E-state index contributed by atoms with van der Waals surface area (Å²) in [5.41, 5.74) is 0. The summed E-state index contributed by atoms with van der Waals surface area (Å²) < 4.78 is 35.5. The Morgan fingerprint density at radius 2 is 1.69 bits per heavy atom. The minimum Gasteiger partial charge on any atom is -0.289 e. The predicted molar refractivity (Wildman–Crippen MR) is 50.4 cm³/mol. The molecule has 0 atom stereocenters. The van der Waals surface area contributed by atoms with Crippen LogP contribution in [0, 0.1) is 5.92 Å². The number of nitrogens with one attached hydrogen (secondary N) is 1. The molecule has 0 aromatic heterocycles. The lowest BCUT2D eigenvalue weighted by molar-refractivity contribution is -0.174. The smallest absolute Gasteiger partial charge is 0.289 e. The lowest BCUT2D eigenvalue weighted by atomic mass is 9.87. The Kier molecular flexibility index (Phi) is 4.32. The van der Waals surface area contributed by atoms with E-state index in [0.717, 1.165) is 32.1 Å². The van der Waals surface area contributed by atoms with Crippen LogP contribution in [0.1, 0.15) is 38.5 Å². The van der Waals surface area contributed by atoms with Crippen LogP contribution in [0.4, 0.5) is 13.2 Å². The van der Waals surface area contributed by atoms with Crippen molar-refractivity contribution in [2.45, 2.75) is 44.7 Å². The van der Waals surface area contributed by atoms with Gasteiger partial charge in [-0.2, -0.15) is 13.2 Å². The van der Waals surface area contributed by atoms with E-state index in [1.807, 2.05) is 0 Å². The molecule has 1 fully saturated rings. The summed E-state index contributed by atoms with van der Waals surface area (Å²) in [6, 6.07) is 0. The highest BCUT2D eigenvalue weighted by Crippen LogP contribution is 2.26. The number of imide groups is 1. The van der Waals surface area contributed by atoms with Crippen molar-refractivity contribution in [2.75, 3.05) is 0 Å². The van der Waals surface area contributed by atoms with Crippen molar-refractivity contribution in [1.82, 2.24) is 5.32 Å². The van der Waals surface area contributed by atoms with Gasteiger partial charge in [0.1, 0.15) is 0 Å². The van der Waals surface area contributed by atoms with Gasteiger partial charge in [-0.3, -0.25) is 14.9 Å². The van der Waals surface area contributed by atoms with E-state index in [1.54, 1.807) is 0 Å². The fraction of sp³-hybridized carbons (Fsp3) is 0.800. The first-order valence-electron chi connectivity index (χ1n) is 5.30. The lowest BCUT2D eigenvalue weighted by Gasteiger charge is -2.20. The van der Waals surface area contributed by atoms with Crippen molar-refractivity contribution < 1.29 is 22.8 Å². The van der Waals surface area contributed by atoms with Gasteiger partial charge in [0.15, 0.2) is 0 Å². The molecule has 6 heteroatoms. The molecule has 0 spiro atoms. The van der Waals surface area contributed by atoms with Gasteiger partial charge in [-0.05, 0) is 18.8 Å². The minimum absolute atomic E-state index is 0.0157. The van der Waals surface area contributed by atoms with Gasteiger partial charge in [0.25, 0.3) is 0 Å². The number of alkyl halides is 3. The van der Waals surface area contributed by atoms with Gasteiger partial charge < -0.3 is 0 Å². The second-order valence-corrected chi connectivity index (χ2v) is 4.08. The van der Waals surface area contributed by atoms with Crippen LogP contribution in [0.15, 0.2) is 0 Å². The summed E-state index contributed by atoms with van der Waals surface area (Å²) in [5.74, 6) is -2.88. The molecule has 0 bridgehead atoms. The largest absolute Gasteiger partial charge is 0.471 e. The molecule has 3 nitrogen and oxygen atoms in total. The zero-order valence-electron chi connectivity index (χ0n) is 8.77. The van der Waals surface area contributed by atoms with Crippen molar-refractivity contribution in [3.8, 4) is 0 Å². The van der Waals surface area contributed by atoms with Gasteiger partial charge >= 0.3 is 12.1 Å². The van der Waals surface area contributed by atoms with Gasteiger partial charge in [-0.1, -0.05) is 19.3 Å². The average molecular weight is 237 g/mol. The molecule has 0 saturated heterocycles. The van der Waals surface area contributed by atoms with Crippen LogP contribution < -0.4 is 5.32 Å². The van der Waals surface area contributed by atoms with Crippen molar-refractivity contribution in [3.05, 3.63) is 0 Å². The van der Waals surface area contributed by atoms with E-state index in [-0.39, 0.29) is 12.3 Å². The normalized spacial score (nSPS) is 18.2. The Bertz CT molecular complexity index is 270. The van der Waals surface area contributed by atoms with Gasteiger partial charge in [-0.15, -0.1) is 0 Å². The third-order valence-corrected chi connectivity index (χ3v) is 2.71. The molecule has 1 aliphatic carbocycles. The Labute approximate surface area is 91.4 Å². The maximum absolute atomic E-state index is 11.8. The molecule has 16 heavy (non-hydrogen) atoms. The molecule has 0 aromatic rings. The minimum atomic E-state index is -4.98. The number of rotatable bonds is 2. The number of amides is 2. The topological polar surface area (TPSA) is 46.2 Å². The number of halogens is 3. The van der Waals surface area contributed by atoms with E-state index >= 15 is 0 Å². The third-order valence-electron chi connectivity index (χ3n) is 2.71. The molecule has 1 saturated carbocycles. The fourth-order valence-electron chi connectivity index (χ4n) is 1.90. The van der Waals surface area contributed by atoms with E-state index in [9.17, 15) is 22.8 Å². The summed E-state index contributed by atoms with van der Waals surface area (Å²) >= 11 is 0. The summed E-state index contributed by atoms with van der Waals surface area (Å²) in [7, 11) is 0. The standard InChI is InChI=1S/C10H14F3NO2/c11-10(12,13)9(16)14-8(15)6-7-4-2-1-3-5-7/h7H,1-6H2,(H,14,15,16). The first-order chi connectivity index (χ1) is 7.39. The first kappa shape index (κ1) is 13.0. The van der Waals surface area contributed by atoms with Crippen molar-refractivity contribution in [1.29, 1.82) is 0 Å². The van der Waals surface area contributed by atoms with Gasteiger partial charge in [0.05, 0.1) is 0 Å². The number of carbonyl (C=O) groups excluding carboxylic acids is 2. The fourth-order valence-corrected chi connectivity index (χ4v) is 1.90. The van der Waals surface area contributed by atoms with E-state index in [4.69, 9.17) is 0 Å². The van der Waals surface area contributed by atoms with E-state index in [0.29, 0.717) is 0 Å². The zero-order chi connectivity index (χ0) is 12.2. The van der Waals surface area contributed by atoms with Crippen LogP contribution in [-0.4, -0.2) is 18.0 Å². The summed E-state index contributed by atoms with van der Waals surface area (Å²) in [5, 5.41) is 1.36. The molecule has 1 aliphatic rings. The molecule has 2 amide bonds. The number of carbonyl (C=O) groups is 2. The van der Waals surface area contributed by atoms with Crippen molar-refractivity contribution in [2.24, 2.45) is 5.92 Å². The Morgan fingerprint density at radius 3 is 2.19 bits per heavy atom. The molecule has 1 rings (SSSR count). The Hall–Kier alpha value is -1.07.